The Morgan fingerprint density at radius 3 is 2.46 bits per heavy atom. The average Bonchev–Trinajstić information content (AvgIpc) is 2.60. The molecule has 2 aliphatic rings. The molecule has 26 heavy (non-hydrogen) atoms. The molecule has 0 aliphatic carbocycles. The van der Waals surface area contributed by atoms with Gasteiger partial charge in [0.1, 0.15) is 11.9 Å². The molecule has 7 heteroatoms. The van der Waals surface area contributed by atoms with Crippen molar-refractivity contribution in [3.63, 3.8) is 0 Å². The summed E-state index contributed by atoms with van der Waals surface area (Å²) in [6.45, 7) is 8.11. The summed E-state index contributed by atoms with van der Waals surface area (Å²) in [5.74, 6) is 1.60. The van der Waals surface area contributed by atoms with Crippen LogP contribution in [0.5, 0.6) is 5.88 Å². The maximum Gasteiger partial charge on any atom is 0.225 e. The van der Waals surface area contributed by atoms with E-state index >= 15 is 0 Å². The Morgan fingerprint density at radius 2 is 1.81 bits per heavy atom. The summed E-state index contributed by atoms with van der Waals surface area (Å²) < 4.78 is 6.04. The first-order chi connectivity index (χ1) is 12.4. The second kappa shape index (κ2) is 8.01. The number of aromatic nitrogens is 2. The fourth-order valence-corrected chi connectivity index (χ4v) is 3.85. The number of carbonyl (C=O) groups excluding carboxylic acids is 2. The van der Waals surface area contributed by atoms with E-state index in [1.807, 2.05) is 29.7 Å². The molecule has 1 unspecified atom stereocenters. The molecule has 3 rings (SSSR count). The third-order valence-electron chi connectivity index (χ3n) is 5.21. The van der Waals surface area contributed by atoms with Gasteiger partial charge in [0.15, 0.2) is 0 Å². The molecule has 0 aromatic carbocycles. The number of rotatable bonds is 3. The minimum Gasteiger partial charge on any atom is -0.472 e. The Bertz CT molecular complexity index is 650. The lowest BCUT2D eigenvalue weighted by Gasteiger charge is -2.37. The van der Waals surface area contributed by atoms with Crippen molar-refractivity contribution in [1.29, 1.82) is 0 Å². The van der Waals surface area contributed by atoms with Gasteiger partial charge in [-0.1, -0.05) is 0 Å². The van der Waals surface area contributed by atoms with Gasteiger partial charge in [-0.15, -0.1) is 0 Å². The Morgan fingerprint density at radius 1 is 1.08 bits per heavy atom. The molecule has 142 valence electrons. The van der Waals surface area contributed by atoms with Crippen LogP contribution in [0.15, 0.2) is 6.07 Å². The van der Waals surface area contributed by atoms with Crippen LogP contribution in [0, 0.1) is 19.8 Å². The molecule has 2 saturated heterocycles. The molecule has 0 radical (unpaired) electrons. The minimum atomic E-state index is -0.0290. The molecule has 1 aromatic rings. The second-order valence-electron chi connectivity index (χ2n) is 7.34. The molecule has 2 amide bonds. The van der Waals surface area contributed by atoms with Crippen LogP contribution in [0.2, 0.25) is 0 Å². The van der Waals surface area contributed by atoms with Crippen molar-refractivity contribution in [3.05, 3.63) is 17.6 Å². The Kier molecular flexibility index (Phi) is 5.74. The van der Waals surface area contributed by atoms with Crippen LogP contribution in [0.3, 0.4) is 0 Å². The maximum atomic E-state index is 12.9. The van der Waals surface area contributed by atoms with Crippen LogP contribution in [0.4, 0.5) is 0 Å². The lowest BCUT2D eigenvalue weighted by atomic mass is 9.94. The van der Waals surface area contributed by atoms with Gasteiger partial charge in [-0.3, -0.25) is 9.59 Å². The highest BCUT2D eigenvalue weighted by atomic mass is 16.5. The van der Waals surface area contributed by atoms with E-state index in [2.05, 4.69) is 9.97 Å². The highest BCUT2D eigenvalue weighted by Crippen LogP contribution is 2.23. The van der Waals surface area contributed by atoms with E-state index < -0.39 is 0 Å². The van der Waals surface area contributed by atoms with E-state index in [-0.39, 0.29) is 23.8 Å². The number of aryl methyl sites for hydroxylation is 2. The van der Waals surface area contributed by atoms with Crippen LogP contribution in [-0.2, 0) is 9.59 Å². The predicted molar refractivity (Wildman–Crippen MR) is 96.7 cm³/mol. The molecule has 1 atom stereocenters. The van der Waals surface area contributed by atoms with E-state index in [4.69, 9.17) is 4.74 Å². The highest BCUT2D eigenvalue weighted by molar-refractivity contribution is 5.80. The summed E-state index contributed by atoms with van der Waals surface area (Å²) in [4.78, 5) is 36.7. The number of carbonyl (C=O) groups is 2. The summed E-state index contributed by atoms with van der Waals surface area (Å²) >= 11 is 0. The number of likely N-dealkylation sites (tertiary alicyclic amines) is 2. The van der Waals surface area contributed by atoms with Crippen LogP contribution in [0.1, 0.15) is 44.1 Å². The van der Waals surface area contributed by atoms with E-state index in [0.717, 1.165) is 37.9 Å². The molecule has 7 nitrogen and oxygen atoms in total. The molecule has 0 N–H and O–H groups in total. The quantitative estimate of drug-likeness (QED) is 0.820. The van der Waals surface area contributed by atoms with Gasteiger partial charge in [0, 0.05) is 44.2 Å². The fraction of sp³-hybridized carbons (Fsp3) is 0.684. The molecule has 3 heterocycles. The fourth-order valence-electron chi connectivity index (χ4n) is 3.85. The van der Waals surface area contributed by atoms with Crippen molar-refractivity contribution in [1.82, 2.24) is 19.8 Å². The first kappa shape index (κ1) is 18.6. The zero-order valence-corrected chi connectivity index (χ0v) is 15.9. The summed E-state index contributed by atoms with van der Waals surface area (Å²) in [7, 11) is 0. The molecule has 1 aromatic heterocycles. The van der Waals surface area contributed by atoms with E-state index in [9.17, 15) is 9.59 Å². The molecule has 2 aliphatic heterocycles. The van der Waals surface area contributed by atoms with Gasteiger partial charge < -0.3 is 14.5 Å². The van der Waals surface area contributed by atoms with Gasteiger partial charge in [0.2, 0.25) is 17.7 Å². The van der Waals surface area contributed by atoms with E-state index in [1.54, 1.807) is 6.92 Å². The summed E-state index contributed by atoms with van der Waals surface area (Å²) in [6.07, 6.45) is 3.34. The van der Waals surface area contributed by atoms with Crippen molar-refractivity contribution >= 4 is 11.8 Å². The smallest absolute Gasteiger partial charge is 0.225 e. The predicted octanol–water partition coefficient (Wildman–Crippen LogP) is 1.72. The molecule has 0 spiro atoms. The van der Waals surface area contributed by atoms with Gasteiger partial charge in [-0.25, -0.2) is 4.98 Å². The van der Waals surface area contributed by atoms with E-state index in [0.29, 0.717) is 31.3 Å². The number of hydrogen-bond donors (Lipinski definition) is 0. The Balaban J connectivity index is 1.56. The van der Waals surface area contributed by atoms with Gasteiger partial charge in [0.05, 0.1) is 6.54 Å². The molecule has 2 fully saturated rings. The summed E-state index contributed by atoms with van der Waals surface area (Å²) in [5.41, 5.74) is 0.883. The first-order valence-electron chi connectivity index (χ1n) is 9.45. The second-order valence-corrected chi connectivity index (χ2v) is 7.34. The molecular weight excluding hydrogens is 332 g/mol. The van der Waals surface area contributed by atoms with Gasteiger partial charge >= 0.3 is 0 Å². The highest BCUT2D eigenvalue weighted by Gasteiger charge is 2.32. The molecule has 0 saturated carbocycles. The minimum absolute atomic E-state index is 0.0212. The average molecular weight is 360 g/mol. The molecule has 0 bridgehead atoms. The topological polar surface area (TPSA) is 75.6 Å². The van der Waals surface area contributed by atoms with Crippen molar-refractivity contribution in [2.45, 2.75) is 52.6 Å². The lowest BCUT2D eigenvalue weighted by molar-refractivity contribution is -0.142. The van der Waals surface area contributed by atoms with E-state index in [1.165, 1.54) is 0 Å². The van der Waals surface area contributed by atoms with Crippen LogP contribution in [0.25, 0.3) is 0 Å². The number of ether oxygens (including phenoxy) is 1. The normalized spacial score (nSPS) is 21.6. The molecular formula is C19H28N4O3. The zero-order chi connectivity index (χ0) is 18.7. The standard InChI is InChI=1S/C19H28N4O3/c1-13-11-18(21-14(2)20-13)26-17-5-4-8-23(12-17)19(25)16-6-9-22(10-7-16)15(3)24/h11,16-17H,4-10,12H2,1-3H3. The Labute approximate surface area is 154 Å². The third kappa shape index (κ3) is 4.51. The van der Waals surface area contributed by atoms with Crippen LogP contribution < -0.4 is 4.74 Å². The van der Waals surface area contributed by atoms with Crippen molar-refractivity contribution in [2.24, 2.45) is 5.92 Å². The summed E-state index contributed by atoms with van der Waals surface area (Å²) in [6, 6.07) is 1.84. The van der Waals surface area contributed by atoms with Crippen LogP contribution in [-0.4, -0.2) is 63.9 Å². The largest absolute Gasteiger partial charge is 0.472 e. The van der Waals surface area contributed by atoms with Crippen molar-refractivity contribution in [3.8, 4) is 5.88 Å². The number of piperidine rings is 2. The third-order valence-corrected chi connectivity index (χ3v) is 5.21. The lowest BCUT2D eigenvalue weighted by Crippen LogP contribution is -2.49. The van der Waals surface area contributed by atoms with Gasteiger partial charge in [-0.05, 0) is 39.5 Å². The number of amides is 2. The van der Waals surface area contributed by atoms with Gasteiger partial charge in [0.25, 0.3) is 0 Å². The maximum absolute atomic E-state index is 12.9. The van der Waals surface area contributed by atoms with Crippen LogP contribution >= 0.6 is 0 Å². The van der Waals surface area contributed by atoms with Crippen molar-refractivity contribution in [2.75, 3.05) is 26.2 Å². The number of nitrogens with zero attached hydrogens (tertiary/aromatic N) is 4. The summed E-state index contributed by atoms with van der Waals surface area (Å²) in [5, 5.41) is 0. The first-order valence-corrected chi connectivity index (χ1v) is 9.45. The van der Waals surface area contributed by atoms with Crippen molar-refractivity contribution < 1.29 is 14.3 Å². The number of hydrogen-bond acceptors (Lipinski definition) is 5. The zero-order valence-electron chi connectivity index (χ0n) is 15.9. The monoisotopic (exact) mass is 360 g/mol. The van der Waals surface area contributed by atoms with Gasteiger partial charge in [-0.2, -0.15) is 4.98 Å². The SMILES string of the molecule is CC(=O)N1CCC(C(=O)N2CCCC(Oc3cc(C)nc(C)n3)C2)CC1. The Hall–Kier alpha value is -2.18.